The number of hydrogen-bond acceptors (Lipinski definition) is 4. The first-order chi connectivity index (χ1) is 10.7. The topological polar surface area (TPSA) is 58.6 Å². The second-order valence-corrected chi connectivity index (χ2v) is 5.82. The monoisotopic (exact) mass is 317 g/mol. The van der Waals surface area contributed by atoms with Crippen molar-refractivity contribution in [2.75, 3.05) is 24.8 Å². The second-order valence-electron chi connectivity index (χ2n) is 4.61. The zero-order valence-corrected chi connectivity index (χ0v) is 13.2. The van der Waals surface area contributed by atoms with Gasteiger partial charge in [-0.1, -0.05) is 36.4 Å². The van der Waals surface area contributed by atoms with E-state index < -0.39 is 0 Å². The van der Waals surface area contributed by atoms with Crippen molar-refractivity contribution in [1.29, 1.82) is 0 Å². The van der Waals surface area contributed by atoms with Crippen LogP contribution in [0.4, 0.5) is 5.69 Å². The number of nitrogens with one attached hydrogen (secondary N) is 1. The molecule has 0 fully saturated rings. The van der Waals surface area contributed by atoms with Gasteiger partial charge in [0.05, 0.1) is 13.7 Å². The number of carbonyl (C=O) groups excluding carboxylic acids is 1. The molecule has 0 aliphatic rings. The number of ether oxygens (including phenoxy) is 1. The molecule has 0 spiro atoms. The van der Waals surface area contributed by atoms with Gasteiger partial charge in [-0.25, -0.2) is 0 Å². The van der Waals surface area contributed by atoms with Crippen LogP contribution in [0.15, 0.2) is 54.6 Å². The maximum atomic E-state index is 12.6. The highest BCUT2D eigenvalue weighted by molar-refractivity contribution is 8.00. The molecule has 0 saturated heterocycles. The van der Waals surface area contributed by atoms with E-state index >= 15 is 0 Å². The number of benzene rings is 2. The molecule has 0 bridgehead atoms. The van der Waals surface area contributed by atoms with Crippen LogP contribution < -0.4 is 10.1 Å². The fraction of sp³-hybridized carbons (Fsp3) is 0.235. The van der Waals surface area contributed by atoms with E-state index in [2.05, 4.69) is 5.32 Å². The Morgan fingerprint density at radius 2 is 2.00 bits per heavy atom. The van der Waals surface area contributed by atoms with Gasteiger partial charge in [0, 0.05) is 17.5 Å². The maximum absolute atomic E-state index is 12.6. The highest BCUT2D eigenvalue weighted by atomic mass is 32.2. The lowest BCUT2D eigenvalue weighted by Gasteiger charge is -2.17. The van der Waals surface area contributed by atoms with E-state index in [-0.39, 0.29) is 17.8 Å². The molecule has 0 saturated carbocycles. The van der Waals surface area contributed by atoms with Crippen LogP contribution in [0.25, 0.3) is 0 Å². The van der Waals surface area contributed by atoms with Crippen LogP contribution in [0, 0.1) is 0 Å². The van der Waals surface area contributed by atoms with E-state index in [1.165, 1.54) is 11.8 Å². The third-order valence-corrected chi connectivity index (χ3v) is 4.29. The molecule has 2 N–H and O–H groups in total. The SMILES string of the molecule is COc1cccc(NC(=O)[C@H](SCCO)c2ccccc2)c1. The second kappa shape index (κ2) is 8.46. The highest BCUT2D eigenvalue weighted by Crippen LogP contribution is 2.30. The molecule has 4 nitrogen and oxygen atoms in total. The molecule has 5 heteroatoms. The Kier molecular flexibility index (Phi) is 6.30. The van der Waals surface area contributed by atoms with Crippen molar-refractivity contribution in [2.45, 2.75) is 5.25 Å². The summed E-state index contributed by atoms with van der Waals surface area (Å²) in [6, 6.07) is 16.8. The first-order valence-electron chi connectivity index (χ1n) is 6.97. The third kappa shape index (κ3) is 4.51. The summed E-state index contributed by atoms with van der Waals surface area (Å²) in [6.07, 6.45) is 0. The molecule has 2 aromatic rings. The van der Waals surface area contributed by atoms with Gasteiger partial charge in [0.2, 0.25) is 5.91 Å². The standard InChI is InChI=1S/C17H19NO3S/c1-21-15-9-5-8-14(12-15)18-17(20)16(22-11-10-19)13-6-3-2-4-7-13/h2-9,12,16,19H,10-11H2,1H3,(H,18,20)/t16-/m1/s1. The van der Waals surface area contributed by atoms with Crippen molar-refractivity contribution < 1.29 is 14.6 Å². The summed E-state index contributed by atoms with van der Waals surface area (Å²) in [5.74, 6) is 1.08. The largest absolute Gasteiger partial charge is 0.497 e. The van der Waals surface area contributed by atoms with Crippen molar-refractivity contribution in [3.8, 4) is 5.75 Å². The van der Waals surface area contributed by atoms with Gasteiger partial charge >= 0.3 is 0 Å². The van der Waals surface area contributed by atoms with Gasteiger partial charge < -0.3 is 15.2 Å². The summed E-state index contributed by atoms with van der Waals surface area (Å²) in [7, 11) is 1.59. The Labute approximate surface area is 134 Å². The smallest absolute Gasteiger partial charge is 0.241 e. The van der Waals surface area contributed by atoms with Crippen LogP contribution in [0.5, 0.6) is 5.75 Å². The van der Waals surface area contributed by atoms with Gasteiger partial charge in [0.1, 0.15) is 11.0 Å². The summed E-state index contributed by atoms with van der Waals surface area (Å²) in [5.41, 5.74) is 1.61. The predicted octanol–water partition coefficient (Wildman–Crippen LogP) is 3.10. The van der Waals surface area contributed by atoms with Gasteiger partial charge in [-0.3, -0.25) is 4.79 Å². The molecule has 2 rings (SSSR count). The first-order valence-corrected chi connectivity index (χ1v) is 8.02. The average Bonchev–Trinajstić information content (AvgIpc) is 2.56. The summed E-state index contributed by atoms with van der Waals surface area (Å²) in [5, 5.41) is 11.6. The molecule has 2 aromatic carbocycles. The number of aliphatic hydroxyl groups excluding tert-OH is 1. The van der Waals surface area contributed by atoms with Crippen LogP contribution in [0.3, 0.4) is 0 Å². The molecule has 0 aromatic heterocycles. The first kappa shape index (κ1) is 16.4. The van der Waals surface area contributed by atoms with Crippen molar-refractivity contribution in [1.82, 2.24) is 0 Å². The Bertz CT molecular complexity index is 604. The number of methoxy groups -OCH3 is 1. The minimum absolute atomic E-state index is 0.0421. The van der Waals surface area contributed by atoms with Crippen LogP contribution in [-0.2, 0) is 4.79 Å². The molecule has 0 heterocycles. The highest BCUT2D eigenvalue weighted by Gasteiger charge is 2.21. The lowest BCUT2D eigenvalue weighted by atomic mass is 10.1. The molecule has 0 radical (unpaired) electrons. The molecule has 1 atom stereocenters. The fourth-order valence-corrected chi connectivity index (χ4v) is 2.93. The quantitative estimate of drug-likeness (QED) is 0.824. The fourth-order valence-electron chi connectivity index (χ4n) is 2.03. The van der Waals surface area contributed by atoms with E-state index in [0.29, 0.717) is 17.2 Å². The summed E-state index contributed by atoms with van der Waals surface area (Å²) < 4.78 is 5.16. The van der Waals surface area contributed by atoms with Gasteiger partial charge in [0.25, 0.3) is 0 Å². The number of rotatable bonds is 7. The van der Waals surface area contributed by atoms with Gasteiger partial charge in [-0.05, 0) is 17.7 Å². The summed E-state index contributed by atoms with van der Waals surface area (Å²) >= 11 is 1.42. The van der Waals surface area contributed by atoms with E-state index in [9.17, 15) is 4.79 Å². The van der Waals surface area contributed by atoms with Gasteiger partial charge in [0.15, 0.2) is 0 Å². The van der Waals surface area contributed by atoms with Crippen LogP contribution in [0.2, 0.25) is 0 Å². The van der Waals surface area contributed by atoms with Gasteiger partial charge in [-0.15, -0.1) is 11.8 Å². The number of anilines is 1. The average molecular weight is 317 g/mol. The van der Waals surface area contributed by atoms with Gasteiger partial charge in [-0.2, -0.15) is 0 Å². The Morgan fingerprint density at radius 1 is 1.23 bits per heavy atom. The number of hydrogen-bond donors (Lipinski definition) is 2. The third-order valence-electron chi connectivity index (χ3n) is 3.05. The Balaban J connectivity index is 2.14. The molecule has 116 valence electrons. The normalized spacial score (nSPS) is 11.7. The van der Waals surface area contributed by atoms with Crippen molar-refractivity contribution in [3.05, 3.63) is 60.2 Å². The molecular formula is C17H19NO3S. The number of amides is 1. The molecule has 0 aliphatic heterocycles. The summed E-state index contributed by atoms with van der Waals surface area (Å²) in [4.78, 5) is 12.6. The van der Waals surface area contributed by atoms with Crippen molar-refractivity contribution in [2.24, 2.45) is 0 Å². The maximum Gasteiger partial charge on any atom is 0.241 e. The number of aliphatic hydroxyl groups is 1. The van der Waals surface area contributed by atoms with Crippen LogP contribution >= 0.6 is 11.8 Å². The molecule has 1 amide bonds. The molecule has 22 heavy (non-hydrogen) atoms. The van der Waals surface area contributed by atoms with Crippen LogP contribution in [-0.4, -0.2) is 30.5 Å². The van der Waals surface area contributed by atoms with E-state index in [1.807, 2.05) is 48.5 Å². The molecule has 0 unspecified atom stereocenters. The minimum atomic E-state index is -0.362. The number of thioether (sulfide) groups is 1. The van der Waals surface area contributed by atoms with E-state index in [0.717, 1.165) is 5.56 Å². The Morgan fingerprint density at radius 3 is 2.68 bits per heavy atom. The number of carbonyl (C=O) groups is 1. The molecular weight excluding hydrogens is 298 g/mol. The summed E-state index contributed by atoms with van der Waals surface area (Å²) in [6.45, 7) is 0.0421. The Hall–Kier alpha value is -1.98. The minimum Gasteiger partial charge on any atom is -0.497 e. The predicted molar refractivity (Wildman–Crippen MR) is 90.4 cm³/mol. The zero-order chi connectivity index (χ0) is 15.8. The lowest BCUT2D eigenvalue weighted by molar-refractivity contribution is -0.115. The van der Waals surface area contributed by atoms with Crippen LogP contribution in [0.1, 0.15) is 10.8 Å². The lowest BCUT2D eigenvalue weighted by Crippen LogP contribution is -2.19. The van der Waals surface area contributed by atoms with Crippen molar-refractivity contribution in [3.63, 3.8) is 0 Å². The van der Waals surface area contributed by atoms with E-state index in [4.69, 9.17) is 9.84 Å². The van der Waals surface area contributed by atoms with E-state index in [1.54, 1.807) is 13.2 Å². The molecule has 0 aliphatic carbocycles. The zero-order valence-electron chi connectivity index (χ0n) is 12.4. The van der Waals surface area contributed by atoms with Crippen molar-refractivity contribution >= 4 is 23.4 Å².